The summed E-state index contributed by atoms with van der Waals surface area (Å²) in [4.78, 5) is 32.9. The predicted octanol–water partition coefficient (Wildman–Crippen LogP) is 5.86. The maximum atomic E-state index is 13.3. The van der Waals surface area contributed by atoms with Crippen LogP contribution in [-0.2, 0) is 14.3 Å². The van der Waals surface area contributed by atoms with Gasteiger partial charge < -0.3 is 4.74 Å². The van der Waals surface area contributed by atoms with Crippen molar-refractivity contribution in [3.05, 3.63) is 87.0 Å². The van der Waals surface area contributed by atoms with Crippen LogP contribution in [0.25, 0.3) is 4.91 Å². The number of halogens is 2. The van der Waals surface area contributed by atoms with Crippen molar-refractivity contribution >= 4 is 56.9 Å². The van der Waals surface area contributed by atoms with Gasteiger partial charge in [0.25, 0.3) is 5.91 Å². The van der Waals surface area contributed by atoms with Crippen molar-refractivity contribution in [1.82, 2.24) is 4.90 Å². The monoisotopic (exact) mass is 472 g/mol. The molecular weight excluding hydrogens is 455 g/mol. The number of nitrogens with zero attached hydrogens (tertiary/aromatic N) is 2. The van der Waals surface area contributed by atoms with Gasteiger partial charge in [-0.1, -0.05) is 71.4 Å². The zero-order chi connectivity index (χ0) is 22.1. The Morgan fingerprint density at radius 2 is 1.81 bits per heavy atom. The molecule has 2 aliphatic rings. The van der Waals surface area contributed by atoms with Crippen LogP contribution in [0, 0.1) is 0 Å². The fraction of sp³-hybridized carbons (Fsp3) is 0.174. The molecule has 0 bridgehead atoms. The SMILES string of the molecule is CCOC(=O)C1=C(C)N=C2SC(c3c(Cl)cccc3Cl)=CC(=O)N2C1c1ccccc1. The molecule has 2 aliphatic heterocycles. The Morgan fingerprint density at radius 3 is 2.45 bits per heavy atom. The van der Waals surface area contributed by atoms with Crippen LogP contribution < -0.4 is 0 Å². The van der Waals surface area contributed by atoms with Gasteiger partial charge >= 0.3 is 5.97 Å². The normalized spacial score (nSPS) is 18.4. The zero-order valence-corrected chi connectivity index (χ0v) is 19.1. The van der Waals surface area contributed by atoms with Crippen molar-refractivity contribution < 1.29 is 14.3 Å². The van der Waals surface area contributed by atoms with Crippen LogP contribution in [0.5, 0.6) is 0 Å². The molecular formula is C23H18Cl2N2O3S. The lowest BCUT2D eigenvalue weighted by Crippen LogP contribution is -2.44. The number of esters is 1. The first-order chi connectivity index (χ1) is 14.9. The number of thioether (sulfide) groups is 1. The highest BCUT2D eigenvalue weighted by molar-refractivity contribution is 8.21. The molecule has 1 atom stereocenters. The summed E-state index contributed by atoms with van der Waals surface area (Å²) in [6, 6.07) is 13.9. The molecule has 5 nitrogen and oxygen atoms in total. The van der Waals surface area contributed by atoms with Gasteiger partial charge in [0.1, 0.15) is 0 Å². The number of rotatable bonds is 4. The van der Waals surface area contributed by atoms with Crippen molar-refractivity contribution in [3.63, 3.8) is 0 Å². The van der Waals surface area contributed by atoms with Crippen LogP contribution in [0.4, 0.5) is 0 Å². The van der Waals surface area contributed by atoms with Crippen molar-refractivity contribution in [3.8, 4) is 0 Å². The molecule has 1 unspecified atom stereocenters. The molecule has 0 N–H and O–H groups in total. The molecule has 2 heterocycles. The molecule has 1 amide bonds. The summed E-state index contributed by atoms with van der Waals surface area (Å²) in [5, 5.41) is 1.35. The number of aliphatic imine (C=N–C) groups is 1. The molecule has 0 radical (unpaired) electrons. The number of carbonyl (C=O) groups excluding carboxylic acids is 2. The summed E-state index contributed by atoms with van der Waals surface area (Å²) < 4.78 is 5.28. The second kappa shape index (κ2) is 8.91. The summed E-state index contributed by atoms with van der Waals surface area (Å²) in [7, 11) is 0. The van der Waals surface area contributed by atoms with E-state index in [0.29, 0.717) is 37.0 Å². The predicted molar refractivity (Wildman–Crippen MR) is 125 cm³/mol. The van der Waals surface area contributed by atoms with Crippen LogP contribution in [0.1, 0.15) is 31.0 Å². The van der Waals surface area contributed by atoms with Gasteiger partial charge in [-0.05, 0) is 31.5 Å². The molecule has 0 saturated carbocycles. The molecule has 0 aromatic heterocycles. The largest absolute Gasteiger partial charge is 0.463 e. The lowest BCUT2D eigenvalue weighted by Gasteiger charge is -2.38. The molecule has 31 heavy (non-hydrogen) atoms. The van der Waals surface area contributed by atoms with Gasteiger partial charge in [0.2, 0.25) is 0 Å². The molecule has 158 valence electrons. The lowest BCUT2D eigenvalue weighted by atomic mass is 9.94. The average Bonchev–Trinajstić information content (AvgIpc) is 2.73. The number of hydrogen-bond donors (Lipinski definition) is 0. The molecule has 0 fully saturated rings. The fourth-order valence-corrected chi connectivity index (χ4v) is 5.44. The van der Waals surface area contributed by atoms with E-state index in [1.54, 1.807) is 32.0 Å². The first-order valence-electron chi connectivity index (χ1n) is 9.61. The molecule has 0 saturated heterocycles. The Balaban J connectivity index is 1.86. The van der Waals surface area contributed by atoms with E-state index >= 15 is 0 Å². The van der Waals surface area contributed by atoms with E-state index in [0.717, 1.165) is 5.56 Å². The third-order valence-electron chi connectivity index (χ3n) is 4.90. The number of allylic oxidation sites excluding steroid dienone is 1. The number of carbonyl (C=O) groups is 2. The zero-order valence-electron chi connectivity index (χ0n) is 16.8. The van der Waals surface area contributed by atoms with Crippen LogP contribution in [0.3, 0.4) is 0 Å². The molecule has 2 aromatic rings. The minimum Gasteiger partial charge on any atom is -0.463 e. The van der Waals surface area contributed by atoms with Gasteiger partial charge in [0.15, 0.2) is 5.17 Å². The second-order valence-corrected chi connectivity index (χ2v) is 8.67. The molecule has 4 rings (SSSR count). The highest BCUT2D eigenvalue weighted by Crippen LogP contribution is 2.46. The third kappa shape index (κ3) is 4.03. The Morgan fingerprint density at radius 1 is 1.13 bits per heavy atom. The standard InChI is InChI=1S/C23H18Cl2N2O3S/c1-3-30-22(29)19-13(2)26-23-27(21(19)14-8-5-4-6-9-14)18(28)12-17(31-23)20-15(24)10-7-11-16(20)25/h4-12,21H,3H2,1-2H3. The van der Waals surface area contributed by atoms with E-state index in [4.69, 9.17) is 27.9 Å². The maximum absolute atomic E-state index is 13.3. The van der Waals surface area contributed by atoms with E-state index in [-0.39, 0.29) is 12.5 Å². The van der Waals surface area contributed by atoms with Gasteiger partial charge in [0, 0.05) is 16.5 Å². The topological polar surface area (TPSA) is 59.0 Å². The van der Waals surface area contributed by atoms with Gasteiger partial charge in [-0.25, -0.2) is 9.79 Å². The van der Waals surface area contributed by atoms with Gasteiger partial charge in [-0.15, -0.1) is 0 Å². The van der Waals surface area contributed by atoms with E-state index in [1.165, 1.54) is 22.7 Å². The molecule has 2 aromatic carbocycles. The summed E-state index contributed by atoms with van der Waals surface area (Å²) in [5.41, 5.74) is 2.23. The van der Waals surface area contributed by atoms with Crippen LogP contribution in [0.15, 0.2) is 70.9 Å². The number of benzene rings is 2. The van der Waals surface area contributed by atoms with Crippen molar-refractivity contribution in [2.45, 2.75) is 19.9 Å². The average molecular weight is 473 g/mol. The number of ether oxygens (including phenoxy) is 1. The van der Waals surface area contributed by atoms with Crippen LogP contribution in [-0.4, -0.2) is 28.6 Å². The quantitative estimate of drug-likeness (QED) is 0.522. The summed E-state index contributed by atoms with van der Waals surface area (Å²) >= 11 is 14.0. The van der Waals surface area contributed by atoms with E-state index in [9.17, 15) is 9.59 Å². The van der Waals surface area contributed by atoms with Gasteiger partial charge in [-0.3, -0.25) is 9.69 Å². The number of fused-ring (bicyclic) bond motifs is 1. The summed E-state index contributed by atoms with van der Waals surface area (Å²) in [6.45, 7) is 3.72. The Labute approximate surface area is 194 Å². The minimum absolute atomic E-state index is 0.228. The highest BCUT2D eigenvalue weighted by atomic mass is 35.5. The summed E-state index contributed by atoms with van der Waals surface area (Å²) in [5.74, 6) is -0.801. The van der Waals surface area contributed by atoms with Crippen molar-refractivity contribution in [1.29, 1.82) is 0 Å². The van der Waals surface area contributed by atoms with Gasteiger partial charge in [0.05, 0.1) is 34.0 Å². The lowest BCUT2D eigenvalue weighted by molar-refractivity contribution is -0.139. The van der Waals surface area contributed by atoms with E-state index < -0.39 is 12.0 Å². The minimum atomic E-state index is -0.646. The number of amidine groups is 1. The Kier molecular flexibility index (Phi) is 6.23. The van der Waals surface area contributed by atoms with E-state index in [1.807, 2.05) is 30.3 Å². The smallest absolute Gasteiger partial charge is 0.338 e. The van der Waals surface area contributed by atoms with Gasteiger partial charge in [-0.2, -0.15) is 0 Å². The van der Waals surface area contributed by atoms with Crippen LogP contribution >= 0.6 is 35.0 Å². The number of amides is 1. The van der Waals surface area contributed by atoms with Crippen molar-refractivity contribution in [2.24, 2.45) is 4.99 Å². The highest BCUT2D eigenvalue weighted by Gasteiger charge is 2.42. The van der Waals surface area contributed by atoms with Crippen LogP contribution in [0.2, 0.25) is 10.0 Å². The molecule has 0 aliphatic carbocycles. The Bertz CT molecular complexity index is 1140. The van der Waals surface area contributed by atoms with Crippen molar-refractivity contribution in [2.75, 3.05) is 6.61 Å². The third-order valence-corrected chi connectivity index (χ3v) is 6.55. The molecule has 0 spiro atoms. The number of hydrogen-bond acceptors (Lipinski definition) is 5. The van der Waals surface area contributed by atoms with E-state index in [2.05, 4.69) is 4.99 Å². The molecule has 8 heteroatoms. The summed E-state index contributed by atoms with van der Waals surface area (Å²) in [6.07, 6.45) is 1.48. The maximum Gasteiger partial charge on any atom is 0.338 e. The first kappa shape index (κ1) is 21.7. The Hall–Kier alpha value is -2.54. The second-order valence-electron chi connectivity index (χ2n) is 6.84. The first-order valence-corrected chi connectivity index (χ1v) is 11.2. The fourth-order valence-electron chi connectivity index (χ4n) is 3.57.